The molecule has 1 aliphatic rings. The van der Waals surface area contributed by atoms with Crippen LogP contribution in [-0.4, -0.2) is 31.2 Å². The van der Waals surface area contributed by atoms with E-state index in [9.17, 15) is 18.0 Å². The van der Waals surface area contributed by atoms with Crippen LogP contribution in [0.5, 0.6) is 0 Å². The third-order valence-electron chi connectivity index (χ3n) is 3.75. The molecule has 1 amide bonds. The number of nitrogens with zero attached hydrogens (tertiary/aromatic N) is 1. The molecule has 0 saturated carbocycles. The van der Waals surface area contributed by atoms with Gasteiger partial charge in [-0.15, -0.1) is 0 Å². The molecule has 4 nitrogen and oxygen atoms in total. The fraction of sp³-hybridized carbons (Fsp3) is 0.533. The number of anilines is 1. The Labute approximate surface area is 127 Å². The highest BCUT2D eigenvalue weighted by Gasteiger charge is 2.40. The lowest BCUT2D eigenvalue weighted by molar-refractivity contribution is -0.140. The second-order valence-electron chi connectivity index (χ2n) is 5.63. The maximum Gasteiger partial charge on any atom is 0.418 e. The van der Waals surface area contributed by atoms with E-state index in [4.69, 9.17) is 10.5 Å². The lowest BCUT2D eigenvalue weighted by Gasteiger charge is -2.41. The van der Waals surface area contributed by atoms with Gasteiger partial charge in [0.05, 0.1) is 23.4 Å². The maximum atomic E-state index is 13.1. The number of morpholine rings is 1. The first kappa shape index (κ1) is 16.8. The van der Waals surface area contributed by atoms with Crippen LogP contribution in [0.15, 0.2) is 24.3 Å². The van der Waals surface area contributed by atoms with E-state index < -0.39 is 23.2 Å². The number of benzene rings is 1. The summed E-state index contributed by atoms with van der Waals surface area (Å²) in [6.45, 7) is 2.11. The van der Waals surface area contributed by atoms with Crippen LogP contribution in [0.1, 0.15) is 25.3 Å². The van der Waals surface area contributed by atoms with E-state index in [0.717, 1.165) is 6.07 Å². The van der Waals surface area contributed by atoms with E-state index >= 15 is 0 Å². The molecule has 1 atom stereocenters. The van der Waals surface area contributed by atoms with Crippen molar-refractivity contribution in [2.75, 3.05) is 24.6 Å². The molecule has 122 valence electrons. The number of halogens is 3. The number of rotatable bonds is 4. The van der Waals surface area contributed by atoms with Crippen molar-refractivity contribution in [1.82, 2.24) is 0 Å². The van der Waals surface area contributed by atoms with Gasteiger partial charge in [0.15, 0.2) is 0 Å². The zero-order chi connectivity index (χ0) is 16.4. The number of amides is 1. The van der Waals surface area contributed by atoms with Crippen molar-refractivity contribution < 1.29 is 22.7 Å². The normalized spacial score (nSPS) is 23.0. The molecule has 1 aromatic rings. The number of ether oxygens (including phenoxy) is 1. The van der Waals surface area contributed by atoms with E-state index in [1.54, 1.807) is 6.92 Å². The minimum Gasteiger partial charge on any atom is -0.364 e. The van der Waals surface area contributed by atoms with E-state index in [1.165, 1.54) is 23.1 Å². The van der Waals surface area contributed by atoms with Gasteiger partial charge in [-0.2, -0.15) is 13.2 Å². The van der Waals surface area contributed by atoms with Crippen molar-refractivity contribution in [3.8, 4) is 0 Å². The van der Waals surface area contributed by atoms with E-state index in [1.807, 2.05) is 0 Å². The molecule has 1 heterocycles. The van der Waals surface area contributed by atoms with Gasteiger partial charge in [-0.3, -0.25) is 4.79 Å². The van der Waals surface area contributed by atoms with Crippen LogP contribution in [-0.2, 0) is 15.7 Å². The highest BCUT2D eigenvalue weighted by Crippen LogP contribution is 2.38. The Morgan fingerprint density at radius 1 is 1.36 bits per heavy atom. The molecule has 7 heteroatoms. The Bertz CT molecular complexity index is 548. The largest absolute Gasteiger partial charge is 0.418 e. The molecule has 0 spiro atoms. The summed E-state index contributed by atoms with van der Waals surface area (Å²) in [5.41, 5.74) is 3.85. The summed E-state index contributed by atoms with van der Waals surface area (Å²) in [7, 11) is 0. The quantitative estimate of drug-likeness (QED) is 0.929. The standard InChI is InChI=1S/C15H19F3N2O2/c1-14(7-4-8-19)10-20(13(21)9-22-14)12-6-3-2-5-11(12)15(16,17)18/h2-3,5-6H,4,7-10,19H2,1H3. The van der Waals surface area contributed by atoms with Crippen LogP contribution < -0.4 is 10.6 Å². The molecule has 0 radical (unpaired) electrons. The first-order chi connectivity index (χ1) is 10.3. The van der Waals surface area contributed by atoms with Crippen LogP contribution in [0.25, 0.3) is 0 Å². The zero-order valence-corrected chi connectivity index (χ0v) is 12.3. The third-order valence-corrected chi connectivity index (χ3v) is 3.75. The molecule has 1 aromatic carbocycles. The summed E-state index contributed by atoms with van der Waals surface area (Å²) in [5, 5.41) is 0. The van der Waals surface area contributed by atoms with Crippen molar-refractivity contribution in [3.05, 3.63) is 29.8 Å². The summed E-state index contributed by atoms with van der Waals surface area (Å²) >= 11 is 0. The summed E-state index contributed by atoms with van der Waals surface area (Å²) in [5.74, 6) is -0.470. The van der Waals surface area contributed by atoms with Gasteiger partial charge in [0, 0.05) is 0 Å². The van der Waals surface area contributed by atoms with Crippen molar-refractivity contribution in [2.45, 2.75) is 31.5 Å². The molecule has 2 N–H and O–H groups in total. The van der Waals surface area contributed by atoms with Gasteiger partial charge in [-0.25, -0.2) is 0 Å². The van der Waals surface area contributed by atoms with Gasteiger partial charge >= 0.3 is 6.18 Å². The monoisotopic (exact) mass is 316 g/mol. The summed E-state index contributed by atoms with van der Waals surface area (Å²) in [6, 6.07) is 5.10. The fourth-order valence-electron chi connectivity index (χ4n) is 2.58. The molecule has 22 heavy (non-hydrogen) atoms. The van der Waals surface area contributed by atoms with Crippen molar-refractivity contribution in [1.29, 1.82) is 0 Å². The zero-order valence-electron chi connectivity index (χ0n) is 12.3. The second kappa shape index (κ2) is 6.26. The predicted molar refractivity (Wildman–Crippen MR) is 76.4 cm³/mol. The Morgan fingerprint density at radius 2 is 2.05 bits per heavy atom. The fourth-order valence-corrected chi connectivity index (χ4v) is 2.58. The number of para-hydroxylation sites is 1. The van der Waals surface area contributed by atoms with Gasteiger partial charge in [-0.05, 0) is 38.4 Å². The average Bonchev–Trinajstić information content (AvgIpc) is 2.47. The van der Waals surface area contributed by atoms with Gasteiger partial charge in [-0.1, -0.05) is 12.1 Å². The molecule has 2 rings (SSSR count). The van der Waals surface area contributed by atoms with Crippen LogP contribution in [0.3, 0.4) is 0 Å². The SMILES string of the molecule is CC1(CCCN)CN(c2ccccc2C(F)(F)F)C(=O)CO1. The summed E-state index contributed by atoms with van der Waals surface area (Å²) in [4.78, 5) is 13.2. The summed E-state index contributed by atoms with van der Waals surface area (Å²) < 4.78 is 44.9. The lowest BCUT2D eigenvalue weighted by Crippen LogP contribution is -2.53. The second-order valence-corrected chi connectivity index (χ2v) is 5.63. The van der Waals surface area contributed by atoms with E-state index in [-0.39, 0.29) is 18.8 Å². The highest BCUT2D eigenvalue weighted by atomic mass is 19.4. The van der Waals surface area contributed by atoms with Gasteiger partial charge < -0.3 is 15.4 Å². The number of nitrogens with two attached hydrogens (primary N) is 1. The molecule has 1 aliphatic heterocycles. The van der Waals surface area contributed by atoms with Crippen LogP contribution in [0.2, 0.25) is 0 Å². The van der Waals surface area contributed by atoms with Crippen molar-refractivity contribution >= 4 is 11.6 Å². The Balaban J connectivity index is 2.32. The smallest absolute Gasteiger partial charge is 0.364 e. The van der Waals surface area contributed by atoms with E-state index in [2.05, 4.69) is 0 Å². The number of hydrogen-bond donors (Lipinski definition) is 1. The number of alkyl halides is 3. The molecule has 0 bridgehead atoms. The molecule has 0 aliphatic carbocycles. The number of carbonyl (C=O) groups is 1. The van der Waals surface area contributed by atoms with Crippen LogP contribution in [0, 0.1) is 0 Å². The topological polar surface area (TPSA) is 55.6 Å². The molecule has 1 saturated heterocycles. The summed E-state index contributed by atoms with van der Waals surface area (Å²) in [6.07, 6.45) is -3.25. The first-order valence-corrected chi connectivity index (χ1v) is 7.07. The molecule has 1 fully saturated rings. The van der Waals surface area contributed by atoms with Gasteiger partial charge in [0.2, 0.25) is 0 Å². The molecule has 1 unspecified atom stereocenters. The number of hydrogen-bond acceptors (Lipinski definition) is 3. The molecular formula is C15H19F3N2O2. The molecular weight excluding hydrogens is 297 g/mol. The lowest BCUT2D eigenvalue weighted by atomic mass is 9.96. The highest BCUT2D eigenvalue weighted by molar-refractivity contribution is 5.96. The van der Waals surface area contributed by atoms with Gasteiger partial charge in [0.1, 0.15) is 6.61 Å². The van der Waals surface area contributed by atoms with Gasteiger partial charge in [0.25, 0.3) is 5.91 Å². The Hall–Kier alpha value is -1.60. The van der Waals surface area contributed by atoms with Crippen LogP contribution in [0.4, 0.5) is 18.9 Å². The maximum absolute atomic E-state index is 13.1. The Morgan fingerprint density at radius 3 is 2.68 bits per heavy atom. The minimum atomic E-state index is -4.51. The minimum absolute atomic E-state index is 0.0823. The predicted octanol–water partition coefficient (Wildman–Crippen LogP) is 2.57. The Kier molecular flexibility index (Phi) is 4.77. The van der Waals surface area contributed by atoms with E-state index in [0.29, 0.717) is 19.4 Å². The first-order valence-electron chi connectivity index (χ1n) is 7.07. The molecule has 0 aromatic heterocycles. The van der Waals surface area contributed by atoms with Crippen molar-refractivity contribution in [3.63, 3.8) is 0 Å². The van der Waals surface area contributed by atoms with Crippen LogP contribution >= 0.6 is 0 Å². The average molecular weight is 316 g/mol. The third kappa shape index (κ3) is 3.59. The van der Waals surface area contributed by atoms with Crippen molar-refractivity contribution in [2.24, 2.45) is 5.73 Å². The number of carbonyl (C=O) groups excluding carboxylic acids is 1.